The van der Waals surface area contributed by atoms with Crippen LogP contribution in [0.2, 0.25) is 0 Å². The number of benzene rings is 1. The highest BCUT2D eigenvalue weighted by Gasteiger charge is 2.81. The Kier molecular flexibility index (Phi) is 7.08. The lowest BCUT2D eigenvalue weighted by atomic mass is 9.62. The van der Waals surface area contributed by atoms with Crippen LogP contribution in [0.3, 0.4) is 0 Å². The summed E-state index contributed by atoms with van der Waals surface area (Å²) < 4.78 is 81.2. The van der Waals surface area contributed by atoms with Crippen molar-refractivity contribution in [1.82, 2.24) is 9.88 Å². The van der Waals surface area contributed by atoms with Crippen LogP contribution in [-0.2, 0) is 4.74 Å². The molecular weight excluding hydrogens is 527 g/mol. The van der Waals surface area contributed by atoms with Crippen molar-refractivity contribution in [3.63, 3.8) is 0 Å². The quantitative estimate of drug-likeness (QED) is 0.516. The van der Waals surface area contributed by atoms with Gasteiger partial charge in [0.1, 0.15) is 18.2 Å². The first-order valence-electron chi connectivity index (χ1n) is 12.7. The molecule has 2 saturated heterocycles. The number of aryl methyl sites for hydroxylation is 1. The molecule has 2 N–H and O–H groups in total. The number of aliphatic hydroxyl groups excluding tert-OH is 1. The van der Waals surface area contributed by atoms with Gasteiger partial charge < -0.3 is 29.7 Å². The van der Waals surface area contributed by atoms with Crippen molar-refractivity contribution in [2.24, 2.45) is 5.41 Å². The Morgan fingerprint density at radius 3 is 2.56 bits per heavy atom. The lowest BCUT2D eigenvalue weighted by Crippen LogP contribution is -2.67. The van der Waals surface area contributed by atoms with Gasteiger partial charge in [0.2, 0.25) is 5.88 Å². The maximum Gasteiger partial charge on any atom is 0.321 e. The first kappa shape index (κ1) is 27.4. The Morgan fingerprint density at radius 2 is 1.90 bits per heavy atom. The standard InChI is InChI=1S/C26H29F5N4O4/c1-16-10-19(27)20(32-23(37)35-3-2-24(15-35)14-25(28,29)26(24,30)31)13-18(16)17-11-21(34-4-7-38-8-5-34)33-22(12-17)39-9-6-36/h10-13,36H,2-9,14-15H2,1H3,(H,32,37)/t24-/m0/s1. The van der Waals surface area contributed by atoms with Crippen molar-refractivity contribution >= 4 is 17.5 Å². The molecule has 8 nitrogen and oxygen atoms in total. The normalized spacial score (nSPS) is 23.6. The number of nitrogens with zero attached hydrogens (tertiary/aromatic N) is 3. The summed E-state index contributed by atoms with van der Waals surface area (Å²) >= 11 is 0. The summed E-state index contributed by atoms with van der Waals surface area (Å²) in [5.74, 6) is -8.19. The fraction of sp³-hybridized carbons (Fsp3) is 0.538. The van der Waals surface area contributed by atoms with Crippen LogP contribution in [0.4, 0.5) is 38.3 Å². The first-order chi connectivity index (χ1) is 18.5. The van der Waals surface area contributed by atoms with E-state index in [-0.39, 0.29) is 37.7 Å². The van der Waals surface area contributed by atoms with E-state index in [1.54, 1.807) is 19.1 Å². The van der Waals surface area contributed by atoms with Gasteiger partial charge in [-0.3, -0.25) is 0 Å². The van der Waals surface area contributed by atoms with Crippen molar-refractivity contribution in [2.75, 3.05) is 62.8 Å². The van der Waals surface area contributed by atoms with Gasteiger partial charge in [-0.1, -0.05) is 0 Å². The molecule has 212 valence electrons. The zero-order chi connectivity index (χ0) is 28.0. The lowest BCUT2D eigenvalue weighted by molar-refractivity contribution is -0.353. The molecule has 3 fully saturated rings. The number of amides is 2. The number of carbonyl (C=O) groups excluding carboxylic acids is 1. The van der Waals surface area contributed by atoms with Gasteiger partial charge in [-0.2, -0.15) is 22.5 Å². The van der Waals surface area contributed by atoms with Crippen LogP contribution in [0.5, 0.6) is 5.88 Å². The van der Waals surface area contributed by atoms with Crippen molar-refractivity contribution in [1.29, 1.82) is 0 Å². The van der Waals surface area contributed by atoms with Crippen molar-refractivity contribution in [3.05, 3.63) is 35.6 Å². The number of pyridine rings is 1. The second kappa shape index (κ2) is 10.1. The number of hydrogen-bond donors (Lipinski definition) is 2. The van der Waals surface area contributed by atoms with Crippen molar-refractivity contribution < 1.29 is 41.3 Å². The minimum absolute atomic E-state index is 0.0189. The number of nitrogens with one attached hydrogen (secondary N) is 1. The fourth-order valence-electron chi connectivity index (χ4n) is 5.47. The molecule has 1 saturated carbocycles. The number of urea groups is 1. The van der Waals surface area contributed by atoms with Crippen LogP contribution < -0.4 is 15.0 Å². The van der Waals surface area contributed by atoms with Gasteiger partial charge in [-0.25, -0.2) is 9.18 Å². The molecule has 2 amide bonds. The van der Waals surface area contributed by atoms with E-state index >= 15 is 0 Å². The van der Waals surface area contributed by atoms with E-state index in [0.29, 0.717) is 48.8 Å². The van der Waals surface area contributed by atoms with Gasteiger partial charge in [0.15, 0.2) is 0 Å². The predicted molar refractivity (Wildman–Crippen MR) is 132 cm³/mol. The molecule has 2 aromatic rings. The molecule has 3 aliphatic rings. The number of halogens is 5. The third kappa shape index (κ3) is 4.86. The van der Waals surface area contributed by atoms with Gasteiger partial charge >= 0.3 is 17.9 Å². The molecule has 13 heteroatoms. The SMILES string of the molecule is Cc1cc(F)c(NC(=O)N2CC[C@@]3(C2)CC(F)(F)C3(F)F)cc1-c1cc(OCCO)nc(N2CCOCC2)c1. The van der Waals surface area contributed by atoms with Crippen molar-refractivity contribution in [2.45, 2.75) is 31.6 Å². The summed E-state index contributed by atoms with van der Waals surface area (Å²) in [7, 11) is 0. The summed E-state index contributed by atoms with van der Waals surface area (Å²) in [6.07, 6.45) is -1.25. The van der Waals surface area contributed by atoms with E-state index < -0.39 is 42.1 Å². The molecule has 5 rings (SSSR count). The van der Waals surface area contributed by atoms with E-state index in [1.807, 2.05) is 4.90 Å². The molecule has 39 heavy (non-hydrogen) atoms. The Hall–Kier alpha value is -3.19. The van der Waals surface area contributed by atoms with E-state index in [4.69, 9.17) is 9.47 Å². The highest BCUT2D eigenvalue weighted by Crippen LogP contribution is 2.66. The van der Waals surface area contributed by atoms with Crippen molar-refractivity contribution in [3.8, 4) is 17.0 Å². The summed E-state index contributed by atoms with van der Waals surface area (Å²) in [6, 6.07) is 5.25. The van der Waals surface area contributed by atoms with Gasteiger partial charge in [0, 0.05) is 38.7 Å². The number of morpholine rings is 1. The van der Waals surface area contributed by atoms with E-state index in [0.717, 1.165) is 4.90 Å². The predicted octanol–water partition coefficient (Wildman–Crippen LogP) is 4.30. The second-order valence-corrected chi connectivity index (χ2v) is 10.2. The van der Waals surface area contributed by atoms with E-state index in [2.05, 4.69) is 10.3 Å². The Morgan fingerprint density at radius 1 is 1.15 bits per heavy atom. The van der Waals surface area contributed by atoms with Gasteiger partial charge in [0.05, 0.1) is 30.9 Å². The third-order valence-corrected chi connectivity index (χ3v) is 7.66. The molecule has 1 aliphatic carbocycles. The summed E-state index contributed by atoms with van der Waals surface area (Å²) in [6.45, 7) is 3.05. The minimum Gasteiger partial charge on any atom is -0.475 e. The number of carbonyl (C=O) groups is 1. The topological polar surface area (TPSA) is 87.2 Å². The summed E-state index contributed by atoms with van der Waals surface area (Å²) in [5, 5.41) is 11.6. The maximum atomic E-state index is 14.9. The molecular formula is C26H29F5N4O4. The van der Waals surface area contributed by atoms with Crippen LogP contribution in [-0.4, -0.2) is 85.5 Å². The minimum atomic E-state index is -4.20. The number of alkyl halides is 4. The third-order valence-electron chi connectivity index (χ3n) is 7.66. The Labute approximate surface area is 221 Å². The van der Waals surface area contributed by atoms with Crippen LogP contribution >= 0.6 is 0 Å². The van der Waals surface area contributed by atoms with Crippen LogP contribution in [0.15, 0.2) is 24.3 Å². The van der Waals surface area contributed by atoms with Crippen LogP contribution in [0.1, 0.15) is 18.4 Å². The highest BCUT2D eigenvalue weighted by molar-refractivity contribution is 5.91. The molecule has 1 aromatic carbocycles. The van der Waals surface area contributed by atoms with Gasteiger partial charge in [-0.05, 0) is 48.2 Å². The average Bonchev–Trinajstić information content (AvgIpc) is 3.35. The number of aliphatic hydroxyl groups is 1. The number of ether oxygens (including phenoxy) is 2. The van der Waals surface area contributed by atoms with Gasteiger partial charge in [-0.15, -0.1) is 0 Å². The number of anilines is 2. The lowest BCUT2D eigenvalue weighted by Gasteiger charge is -2.51. The zero-order valence-corrected chi connectivity index (χ0v) is 21.3. The molecule has 0 radical (unpaired) electrons. The number of hydrogen-bond acceptors (Lipinski definition) is 6. The maximum absolute atomic E-state index is 14.9. The largest absolute Gasteiger partial charge is 0.475 e. The first-order valence-corrected chi connectivity index (χ1v) is 12.7. The highest BCUT2D eigenvalue weighted by atomic mass is 19.3. The van der Waals surface area contributed by atoms with Crippen LogP contribution in [0.25, 0.3) is 11.1 Å². The molecule has 2 aliphatic heterocycles. The molecule has 3 heterocycles. The number of rotatable bonds is 6. The molecule has 1 aromatic heterocycles. The second-order valence-electron chi connectivity index (χ2n) is 10.2. The summed E-state index contributed by atoms with van der Waals surface area (Å²) in [4.78, 5) is 20.4. The Balaban J connectivity index is 1.40. The van der Waals surface area contributed by atoms with Gasteiger partial charge in [0.25, 0.3) is 0 Å². The fourth-order valence-corrected chi connectivity index (χ4v) is 5.47. The number of aromatic nitrogens is 1. The molecule has 0 unspecified atom stereocenters. The number of likely N-dealkylation sites (tertiary alicyclic amines) is 1. The average molecular weight is 557 g/mol. The van der Waals surface area contributed by atoms with E-state index in [1.165, 1.54) is 12.1 Å². The van der Waals surface area contributed by atoms with Crippen LogP contribution in [0, 0.1) is 18.2 Å². The Bertz CT molecular complexity index is 1260. The smallest absolute Gasteiger partial charge is 0.321 e. The summed E-state index contributed by atoms with van der Waals surface area (Å²) in [5.41, 5.74) is -0.434. The van der Waals surface area contributed by atoms with E-state index in [9.17, 15) is 31.9 Å². The molecule has 0 bridgehead atoms. The zero-order valence-electron chi connectivity index (χ0n) is 21.3. The molecule has 1 atom stereocenters. The molecule has 1 spiro atoms. The monoisotopic (exact) mass is 556 g/mol.